The van der Waals surface area contributed by atoms with E-state index in [0.29, 0.717) is 26.2 Å². The van der Waals surface area contributed by atoms with E-state index in [1.165, 1.54) is 17.4 Å². The smallest absolute Gasteiger partial charge is 0.264 e. The Morgan fingerprint density at radius 1 is 1.27 bits per heavy atom. The quantitative estimate of drug-likeness (QED) is 0.594. The van der Waals surface area contributed by atoms with Crippen LogP contribution in [0, 0.1) is 12.7 Å². The van der Waals surface area contributed by atoms with E-state index >= 15 is 0 Å². The molecule has 2 aromatic heterocycles. The van der Waals surface area contributed by atoms with Crippen LogP contribution >= 0.6 is 11.3 Å². The van der Waals surface area contributed by atoms with Crippen LogP contribution in [0.15, 0.2) is 30.6 Å². The minimum absolute atomic E-state index is 0.0472. The minimum atomic E-state index is -0.214. The summed E-state index contributed by atoms with van der Waals surface area (Å²) in [6.07, 6.45) is 3.91. The third-order valence-electron chi connectivity index (χ3n) is 6.40. The molecule has 1 atom stereocenters. The first-order valence-electron chi connectivity index (χ1n) is 11.4. The number of piperazine rings is 1. The number of ether oxygens (including phenoxy) is 1. The maximum Gasteiger partial charge on any atom is 0.264 e. The Labute approximate surface area is 196 Å². The molecule has 0 saturated carbocycles. The minimum Gasteiger partial charge on any atom is -0.376 e. The van der Waals surface area contributed by atoms with Crippen LogP contribution in [0.3, 0.4) is 0 Å². The van der Waals surface area contributed by atoms with E-state index in [4.69, 9.17) is 4.74 Å². The van der Waals surface area contributed by atoms with Crippen LogP contribution in [0.1, 0.15) is 33.6 Å². The summed E-state index contributed by atoms with van der Waals surface area (Å²) in [6, 6.07) is 6.71. The fourth-order valence-corrected chi connectivity index (χ4v) is 5.69. The van der Waals surface area contributed by atoms with Gasteiger partial charge in [-0.05, 0) is 43.0 Å². The Balaban J connectivity index is 1.26. The lowest BCUT2D eigenvalue weighted by Crippen LogP contribution is -2.48. The van der Waals surface area contributed by atoms with E-state index in [2.05, 4.69) is 20.2 Å². The Morgan fingerprint density at radius 2 is 2.12 bits per heavy atom. The van der Waals surface area contributed by atoms with Crippen molar-refractivity contribution >= 4 is 33.3 Å². The summed E-state index contributed by atoms with van der Waals surface area (Å²) in [5.74, 6) is 0.600. The van der Waals surface area contributed by atoms with Gasteiger partial charge in [-0.3, -0.25) is 9.69 Å². The summed E-state index contributed by atoms with van der Waals surface area (Å²) in [6.45, 7) is 7.02. The fourth-order valence-electron chi connectivity index (χ4n) is 4.57. The van der Waals surface area contributed by atoms with E-state index in [1.807, 2.05) is 17.9 Å². The average molecular weight is 470 g/mol. The highest BCUT2D eigenvalue weighted by Gasteiger charge is 2.27. The number of rotatable bonds is 6. The summed E-state index contributed by atoms with van der Waals surface area (Å²) in [4.78, 5) is 27.9. The van der Waals surface area contributed by atoms with Crippen molar-refractivity contribution in [3.05, 3.63) is 52.4 Å². The molecule has 1 aromatic carbocycles. The molecule has 0 unspecified atom stereocenters. The first-order chi connectivity index (χ1) is 16.1. The van der Waals surface area contributed by atoms with Crippen LogP contribution in [0.5, 0.6) is 0 Å². The molecule has 9 heteroatoms. The second-order valence-corrected chi connectivity index (χ2v) is 9.67. The Bertz CT molecular complexity index is 1140. The molecule has 1 N–H and O–H groups in total. The number of fused-ring (bicyclic) bond motifs is 1. The van der Waals surface area contributed by atoms with Gasteiger partial charge in [0.05, 0.1) is 16.4 Å². The molecule has 2 saturated heterocycles. The Kier molecular flexibility index (Phi) is 6.52. The zero-order valence-electron chi connectivity index (χ0n) is 18.7. The van der Waals surface area contributed by atoms with Crippen molar-refractivity contribution < 1.29 is 13.9 Å². The molecule has 0 aliphatic carbocycles. The number of hydrogen-bond acceptors (Lipinski definition) is 7. The molecule has 4 heterocycles. The molecular weight excluding hydrogens is 441 g/mol. The van der Waals surface area contributed by atoms with Gasteiger partial charge in [0, 0.05) is 45.9 Å². The third-order valence-corrected chi connectivity index (χ3v) is 7.58. The number of amides is 1. The van der Waals surface area contributed by atoms with Gasteiger partial charge in [0.15, 0.2) is 0 Å². The normalized spacial score (nSPS) is 19.3. The number of benzene rings is 1. The lowest BCUT2D eigenvalue weighted by molar-refractivity contribution is 0.0632. The predicted octanol–water partition coefficient (Wildman–Crippen LogP) is 3.69. The Hall–Kier alpha value is -2.62. The SMILES string of the molecule is Cc1c(C(=O)N2CCN(Cc3cccc(F)c3)CC2)sc2ncnc(NC[C@@H]3CCCO3)c12. The number of nitrogens with one attached hydrogen (secondary N) is 1. The van der Waals surface area contributed by atoms with Gasteiger partial charge in [-0.1, -0.05) is 12.1 Å². The van der Waals surface area contributed by atoms with Crippen LogP contribution in [-0.2, 0) is 11.3 Å². The standard InChI is InChI=1S/C24H28FN5O2S/c1-16-20-22(26-13-19-6-3-11-32-19)27-15-28-23(20)33-21(16)24(31)30-9-7-29(8-10-30)14-17-4-2-5-18(25)12-17/h2,4-5,12,15,19H,3,6-11,13-14H2,1H3,(H,26,27,28)/t19-/m0/s1. The van der Waals surface area contributed by atoms with E-state index in [9.17, 15) is 9.18 Å². The molecule has 33 heavy (non-hydrogen) atoms. The lowest BCUT2D eigenvalue weighted by atomic mass is 10.1. The van der Waals surface area contributed by atoms with Gasteiger partial charge < -0.3 is 15.0 Å². The van der Waals surface area contributed by atoms with Gasteiger partial charge in [-0.2, -0.15) is 0 Å². The maximum atomic E-state index is 13.5. The van der Waals surface area contributed by atoms with E-state index in [-0.39, 0.29) is 17.8 Å². The molecule has 0 radical (unpaired) electrons. The first-order valence-corrected chi connectivity index (χ1v) is 12.3. The summed E-state index contributed by atoms with van der Waals surface area (Å²) < 4.78 is 19.2. The largest absolute Gasteiger partial charge is 0.376 e. The van der Waals surface area contributed by atoms with Gasteiger partial charge in [0.2, 0.25) is 0 Å². The number of carbonyl (C=O) groups excluding carboxylic acids is 1. The molecule has 2 fully saturated rings. The number of halogens is 1. The second-order valence-electron chi connectivity index (χ2n) is 8.67. The maximum absolute atomic E-state index is 13.5. The topological polar surface area (TPSA) is 70.6 Å². The molecule has 7 nitrogen and oxygen atoms in total. The number of anilines is 1. The second kappa shape index (κ2) is 9.70. The zero-order chi connectivity index (χ0) is 22.8. The number of carbonyl (C=O) groups is 1. The van der Waals surface area contributed by atoms with Crippen LogP contribution in [0.25, 0.3) is 10.2 Å². The van der Waals surface area contributed by atoms with Crippen molar-refractivity contribution in [2.45, 2.75) is 32.4 Å². The van der Waals surface area contributed by atoms with E-state index < -0.39 is 0 Å². The van der Waals surface area contributed by atoms with Crippen LogP contribution < -0.4 is 5.32 Å². The fraction of sp³-hybridized carbons (Fsp3) is 0.458. The molecular formula is C24H28FN5O2S. The summed E-state index contributed by atoms with van der Waals surface area (Å²) >= 11 is 1.43. The Morgan fingerprint density at radius 3 is 2.88 bits per heavy atom. The molecule has 2 aliphatic rings. The zero-order valence-corrected chi connectivity index (χ0v) is 19.5. The van der Waals surface area contributed by atoms with Gasteiger partial charge in [0.1, 0.15) is 22.8 Å². The first kappa shape index (κ1) is 22.2. The number of thiophene rings is 1. The average Bonchev–Trinajstić information content (AvgIpc) is 3.46. The summed E-state index contributed by atoms with van der Waals surface area (Å²) in [7, 11) is 0. The van der Waals surface area contributed by atoms with Crippen LogP contribution in [0.2, 0.25) is 0 Å². The summed E-state index contributed by atoms with van der Waals surface area (Å²) in [5.41, 5.74) is 1.88. The van der Waals surface area contributed by atoms with Gasteiger partial charge in [-0.25, -0.2) is 14.4 Å². The highest BCUT2D eigenvalue weighted by Crippen LogP contribution is 2.34. The van der Waals surface area contributed by atoms with Crippen molar-refractivity contribution in [3.63, 3.8) is 0 Å². The van der Waals surface area contributed by atoms with Crippen molar-refractivity contribution in [2.75, 3.05) is 44.6 Å². The number of aryl methyl sites for hydroxylation is 1. The predicted molar refractivity (Wildman–Crippen MR) is 127 cm³/mol. The van der Waals surface area contributed by atoms with Gasteiger partial charge in [-0.15, -0.1) is 11.3 Å². The third kappa shape index (κ3) is 4.85. The molecule has 0 spiro atoms. The van der Waals surface area contributed by atoms with Crippen molar-refractivity contribution in [2.24, 2.45) is 0 Å². The van der Waals surface area contributed by atoms with Gasteiger partial charge in [0.25, 0.3) is 5.91 Å². The highest BCUT2D eigenvalue weighted by molar-refractivity contribution is 7.20. The van der Waals surface area contributed by atoms with Crippen molar-refractivity contribution in [1.29, 1.82) is 0 Å². The van der Waals surface area contributed by atoms with Crippen molar-refractivity contribution in [1.82, 2.24) is 19.8 Å². The number of hydrogen-bond donors (Lipinski definition) is 1. The highest BCUT2D eigenvalue weighted by atomic mass is 32.1. The van der Waals surface area contributed by atoms with E-state index in [1.54, 1.807) is 18.5 Å². The van der Waals surface area contributed by atoms with Crippen LogP contribution in [-0.4, -0.2) is 71.1 Å². The molecule has 1 amide bonds. The van der Waals surface area contributed by atoms with Gasteiger partial charge >= 0.3 is 0 Å². The lowest BCUT2D eigenvalue weighted by Gasteiger charge is -2.34. The van der Waals surface area contributed by atoms with E-state index in [0.717, 1.165) is 64.6 Å². The number of nitrogens with zero attached hydrogens (tertiary/aromatic N) is 4. The molecule has 3 aromatic rings. The van der Waals surface area contributed by atoms with Crippen molar-refractivity contribution in [3.8, 4) is 0 Å². The molecule has 5 rings (SSSR count). The number of aromatic nitrogens is 2. The summed E-state index contributed by atoms with van der Waals surface area (Å²) in [5, 5.41) is 4.33. The molecule has 174 valence electrons. The monoisotopic (exact) mass is 469 g/mol. The molecule has 0 bridgehead atoms. The van der Waals surface area contributed by atoms with Crippen LogP contribution in [0.4, 0.5) is 10.2 Å². The molecule has 2 aliphatic heterocycles.